The summed E-state index contributed by atoms with van der Waals surface area (Å²) in [5, 5.41) is 11.8. The molecule has 3 aromatic rings. The van der Waals surface area contributed by atoms with E-state index in [0.717, 1.165) is 16.8 Å². The first-order valence-electron chi connectivity index (χ1n) is 8.34. The molecule has 4 rings (SSSR count). The van der Waals surface area contributed by atoms with Crippen LogP contribution in [0.15, 0.2) is 77.4 Å². The van der Waals surface area contributed by atoms with Crippen molar-refractivity contribution in [2.75, 3.05) is 0 Å². The average molecular weight is 346 g/mol. The standard InChI is InChI=1S/C21H18N2O3/c1-14-8-10-15(11-9-14)17-13-18(16-5-2-3-6-19(16)24)23(22-17)21(25)20-7-4-12-26-20/h2-13,18,22,24H,1H3/t18-/m1/s1. The normalized spacial score (nSPS) is 16.3. The Morgan fingerprint density at radius 1 is 1.08 bits per heavy atom. The lowest BCUT2D eigenvalue weighted by Gasteiger charge is -2.25. The van der Waals surface area contributed by atoms with Crippen LogP contribution in [0.4, 0.5) is 0 Å². The van der Waals surface area contributed by atoms with Gasteiger partial charge in [0.15, 0.2) is 5.76 Å². The van der Waals surface area contributed by atoms with Gasteiger partial charge in [0.2, 0.25) is 0 Å². The number of aromatic hydroxyl groups is 1. The van der Waals surface area contributed by atoms with Crippen molar-refractivity contribution < 1.29 is 14.3 Å². The van der Waals surface area contributed by atoms with Crippen LogP contribution in [0.1, 0.15) is 33.3 Å². The van der Waals surface area contributed by atoms with Crippen molar-refractivity contribution in [1.82, 2.24) is 10.4 Å². The summed E-state index contributed by atoms with van der Waals surface area (Å²) in [7, 11) is 0. The zero-order valence-corrected chi connectivity index (χ0v) is 14.2. The Balaban J connectivity index is 1.75. The van der Waals surface area contributed by atoms with Gasteiger partial charge in [-0.1, -0.05) is 48.0 Å². The summed E-state index contributed by atoms with van der Waals surface area (Å²) in [5.74, 6) is 0.0658. The molecule has 0 radical (unpaired) electrons. The number of hydrogen-bond acceptors (Lipinski definition) is 4. The number of para-hydroxylation sites is 1. The second kappa shape index (κ2) is 6.44. The maximum Gasteiger partial charge on any atom is 0.308 e. The van der Waals surface area contributed by atoms with Gasteiger partial charge in [-0.2, -0.15) is 0 Å². The maximum absolute atomic E-state index is 12.9. The maximum atomic E-state index is 12.9. The van der Waals surface area contributed by atoms with Crippen LogP contribution in [0.5, 0.6) is 5.75 Å². The third-order valence-corrected chi connectivity index (χ3v) is 4.41. The van der Waals surface area contributed by atoms with E-state index in [0.29, 0.717) is 5.56 Å². The minimum atomic E-state index is -0.454. The molecular formula is C21H18N2O3. The van der Waals surface area contributed by atoms with Gasteiger partial charge in [0.05, 0.1) is 12.0 Å². The Labute approximate surface area is 151 Å². The smallest absolute Gasteiger partial charge is 0.308 e. The van der Waals surface area contributed by atoms with Crippen LogP contribution in [0.25, 0.3) is 5.70 Å². The van der Waals surface area contributed by atoms with Gasteiger partial charge in [0, 0.05) is 5.56 Å². The molecule has 1 aliphatic rings. The zero-order valence-electron chi connectivity index (χ0n) is 14.2. The third-order valence-electron chi connectivity index (χ3n) is 4.41. The van der Waals surface area contributed by atoms with Gasteiger partial charge in [-0.25, -0.2) is 5.01 Å². The van der Waals surface area contributed by atoms with Crippen molar-refractivity contribution in [3.05, 3.63) is 95.5 Å². The zero-order chi connectivity index (χ0) is 18.1. The molecule has 5 nitrogen and oxygen atoms in total. The monoisotopic (exact) mass is 346 g/mol. The molecule has 1 atom stereocenters. The van der Waals surface area contributed by atoms with Gasteiger partial charge in [-0.05, 0) is 36.8 Å². The molecule has 0 saturated carbocycles. The Hall–Kier alpha value is -3.47. The molecule has 2 aromatic carbocycles. The largest absolute Gasteiger partial charge is 0.508 e. The first-order chi connectivity index (χ1) is 12.6. The fourth-order valence-corrected chi connectivity index (χ4v) is 3.03. The first-order valence-corrected chi connectivity index (χ1v) is 8.34. The van der Waals surface area contributed by atoms with Crippen LogP contribution in [0, 0.1) is 6.92 Å². The highest BCUT2D eigenvalue weighted by Gasteiger charge is 2.33. The van der Waals surface area contributed by atoms with E-state index in [1.807, 2.05) is 43.3 Å². The van der Waals surface area contributed by atoms with Crippen molar-refractivity contribution in [1.29, 1.82) is 0 Å². The molecule has 1 aromatic heterocycles. The van der Waals surface area contributed by atoms with Crippen LogP contribution < -0.4 is 5.43 Å². The summed E-state index contributed by atoms with van der Waals surface area (Å²) < 4.78 is 5.26. The van der Waals surface area contributed by atoms with E-state index in [4.69, 9.17) is 4.42 Å². The number of hydrogen-bond donors (Lipinski definition) is 2. The number of hydrazine groups is 1. The number of furan rings is 1. The number of carbonyl (C=O) groups is 1. The summed E-state index contributed by atoms with van der Waals surface area (Å²) >= 11 is 0. The van der Waals surface area contributed by atoms with Crippen LogP contribution in [0.2, 0.25) is 0 Å². The SMILES string of the molecule is Cc1ccc(C2=C[C@H](c3ccccc3O)N(C(=O)c3ccco3)N2)cc1. The van der Waals surface area contributed by atoms with E-state index in [1.54, 1.807) is 30.3 Å². The minimum absolute atomic E-state index is 0.137. The first kappa shape index (κ1) is 16.0. The second-order valence-corrected chi connectivity index (χ2v) is 6.21. The summed E-state index contributed by atoms with van der Waals surface area (Å²) in [6.07, 6.45) is 3.40. The second-order valence-electron chi connectivity index (χ2n) is 6.21. The number of amides is 1. The molecule has 0 spiro atoms. The lowest BCUT2D eigenvalue weighted by molar-refractivity contribution is 0.0638. The fourth-order valence-electron chi connectivity index (χ4n) is 3.03. The minimum Gasteiger partial charge on any atom is -0.508 e. The van der Waals surface area contributed by atoms with Gasteiger partial charge in [0.1, 0.15) is 11.8 Å². The van der Waals surface area contributed by atoms with Crippen LogP contribution in [-0.4, -0.2) is 16.0 Å². The fraction of sp³-hybridized carbons (Fsp3) is 0.0952. The molecule has 0 aliphatic carbocycles. The van der Waals surface area contributed by atoms with Crippen molar-refractivity contribution in [3.63, 3.8) is 0 Å². The van der Waals surface area contributed by atoms with Crippen LogP contribution in [-0.2, 0) is 0 Å². The Kier molecular flexibility index (Phi) is 3.97. The highest BCUT2D eigenvalue weighted by Crippen LogP contribution is 2.36. The molecular weight excluding hydrogens is 328 g/mol. The van der Waals surface area contributed by atoms with Gasteiger partial charge in [0.25, 0.3) is 0 Å². The van der Waals surface area contributed by atoms with Crippen molar-refractivity contribution in [3.8, 4) is 5.75 Å². The van der Waals surface area contributed by atoms with Crippen molar-refractivity contribution >= 4 is 11.6 Å². The molecule has 0 unspecified atom stereocenters. The summed E-state index contributed by atoms with van der Waals surface area (Å²) in [5.41, 5.74) is 6.73. The Bertz CT molecular complexity index is 959. The lowest BCUT2D eigenvalue weighted by Crippen LogP contribution is -2.39. The van der Waals surface area contributed by atoms with Crippen molar-refractivity contribution in [2.45, 2.75) is 13.0 Å². The Morgan fingerprint density at radius 3 is 2.54 bits per heavy atom. The number of carbonyl (C=O) groups excluding carboxylic acids is 1. The van der Waals surface area contributed by atoms with E-state index in [-0.39, 0.29) is 17.4 Å². The average Bonchev–Trinajstić information content (AvgIpc) is 3.32. The molecule has 0 saturated heterocycles. The molecule has 1 aliphatic heterocycles. The molecule has 1 amide bonds. The number of phenolic OH excluding ortho intramolecular Hbond substituents is 1. The van der Waals surface area contributed by atoms with Crippen molar-refractivity contribution in [2.24, 2.45) is 0 Å². The van der Waals surface area contributed by atoms with E-state index in [1.165, 1.54) is 11.3 Å². The van der Waals surface area contributed by atoms with Gasteiger partial charge >= 0.3 is 5.91 Å². The number of phenols is 1. The summed E-state index contributed by atoms with van der Waals surface area (Å²) in [4.78, 5) is 12.9. The number of rotatable bonds is 3. The number of aryl methyl sites for hydroxylation is 1. The molecule has 2 heterocycles. The van der Waals surface area contributed by atoms with E-state index in [9.17, 15) is 9.90 Å². The molecule has 5 heteroatoms. The quantitative estimate of drug-likeness (QED) is 0.751. The number of nitrogens with one attached hydrogen (secondary N) is 1. The van der Waals surface area contributed by atoms with E-state index < -0.39 is 6.04 Å². The number of nitrogens with zero attached hydrogens (tertiary/aromatic N) is 1. The van der Waals surface area contributed by atoms with Crippen LogP contribution in [0.3, 0.4) is 0 Å². The molecule has 2 N–H and O–H groups in total. The number of benzene rings is 2. The van der Waals surface area contributed by atoms with E-state index in [2.05, 4.69) is 5.43 Å². The third kappa shape index (κ3) is 2.84. The van der Waals surface area contributed by atoms with Gasteiger partial charge < -0.3 is 9.52 Å². The summed E-state index contributed by atoms with van der Waals surface area (Å²) in [6, 6.07) is 17.9. The van der Waals surface area contributed by atoms with E-state index >= 15 is 0 Å². The molecule has 0 fully saturated rings. The van der Waals surface area contributed by atoms with Crippen LogP contribution >= 0.6 is 0 Å². The predicted molar refractivity (Wildman–Crippen MR) is 98.0 cm³/mol. The molecule has 26 heavy (non-hydrogen) atoms. The predicted octanol–water partition coefficient (Wildman–Crippen LogP) is 4.04. The Morgan fingerprint density at radius 2 is 1.85 bits per heavy atom. The lowest BCUT2D eigenvalue weighted by atomic mass is 10.0. The topological polar surface area (TPSA) is 65.7 Å². The van der Waals surface area contributed by atoms with Gasteiger partial charge in [-0.3, -0.25) is 10.2 Å². The van der Waals surface area contributed by atoms with Gasteiger partial charge in [-0.15, -0.1) is 0 Å². The molecule has 130 valence electrons. The highest BCUT2D eigenvalue weighted by atomic mass is 16.3. The summed E-state index contributed by atoms with van der Waals surface area (Å²) in [6.45, 7) is 2.03. The molecule has 0 bridgehead atoms. The highest BCUT2D eigenvalue weighted by molar-refractivity contribution is 5.93.